The molecule has 2 heteroatoms. The Labute approximate surface area is 128 Å². The largest absolute Gasteiger partial charge is 0.385 e. The molecule has 2 fully saturated rings. The van der Waals surface area contributed by atoms with Gasteiger partial charge in [-0.3, -0.25) is 4.90 Å². The van der Waals surface area contributed by atoms with Gasteiger partial charge in [0.05, 0.1) is 0 Å². The van der Waals surface area contributed by atoms with Crippen LogP contribution in [0.15, 0.2) is 24.3 Å². The van der Waals surface area contributed by atoms with Gasteiger partial charge in [0.15, 0.2) is 0 Å². The van der Waals surface area contributed by atoms with Gasteiger partial charge in [0, 0.05) is 30.7 Å². The molecule has 1 aromatic carbocycles. The van der Waals surface area contributed by atoms with E-state index < -0.39 is 0 Å². The third-order valence-electron chi connectivity index (χ3n) is 6.02. The fourth-order valence-corrected chi connectivity index (χ4v) is 4.98. The number of hydrogen-bond donors (Lipinski definition) is 1. The summed E-state index contributed by atoms with van der Waals surface area (Å²) in [4.78, 5) is 2.85. The molecule has 2 aliphatic heterocycles. The molecule has 2 unspecified atom stereocenters. The van der Waals surface area contributed by atoms with E-state index in [9.17, 15) is 0 Å². The van der Waals surface area contributed by atoms with E-state index in [1.54, 1.807) is 5.56 Å². The first-order chi connectivity index (χ1) is 10.4. The molecule has 0 bridgehead atoms. The van der Waals surface area contributed by atoms with Gasteiger partial charge in [-0.15, -0.1) is 0 Å². The quantitative estimate of drug-likeness (QED) is 0.893. The van der Waals surface area contributed by atoms with E-state index in [4.69, 9.17) is 0 Å². The van der Waals surface area contributed by atoms with E-state index in [0.717, 1.165) is 24.4 Å². The van der Waals surface area contributed by atoms with Crippen LogP contribution in [-0.4, -0.2) is 30.6 Å². The third-order valence-corrected chi connectivity index (χ3v) is 6.02. The average Bonchev–Trinajstić information content (AvgIpc) is 3.18. The van der Waals surface area contributed by atoms with E-state index in [2.05, 4.69) is 34.5 Å². The molecule has 0 spiro atoms. The molecule has 1 saturated carbocycles. The Morgan fingerprint density at radius 3 is 2.76 bits per heavy atom. The fourth-order valence-electron chi connectivity index (χ4n) is 4.98. The number of nitrogens with one attached hydrogen (secondary N) is 1. The van der Waals surface area contributed by atoms with Crippen molar-refractivity contribution < 1.29 is 0 Å². The number of anilines is 1. The first-order valence-corrected chi connectivity index (χ1v) is 8.98. The number of fused-ring (bicyclic) bond motifs is 1. The average molecular weight is 284 g/mol. The minimum Gasteiger partial charge on any atom is -0.385 e. The highest BCUT2D eigenvalue weighted by atomic mass is 15.2. The van der Waals surface area contributed by atoms with Gasteiger partial charge < -0.3 is 5.32 Å². The Morgan fingerprint density at radius 1 is 1.00 bits per heavy atom. The van der Waals surface area contributed by atoms with E-state index in [1.807, 2.05) is 0 Å². The van der Waals surface area contributed by atoms with Gasteiger partial charge in [-0.1, -0.05) is 31.0 Å². The van der Waals surface area contributed by atoms with Crippen LogP contribution in [0, 0.1) is 5.92 Å². The monoisotopic (exact) mass is 284 g/mol. The van der Waals surface area contributed by atoms with Crippen LogP contribution in [0.5, 0.6) is 0 Å². The van der Waals surface area contributed by atoms with Crippen molar-refractivity contribution in [2.24, 2.45) is 5.92 Å². The summed E-state index contributed by atoms with van der Waals surface area (Å²) in [5.74, 6) is 1.74. The van der Waals surface area contributed by atoms with Crippen molar-refractivity contribution in [2.45, 2.75) is 56.9 Å². The summed E-state index contributed by atoms with van der Waals surface area (Å²) in [5, 5.41) is 3.57. The predicted octanol–water partition coefficient (Wildman–Crippen LogP) is 4.24. The SMILES string of the molecule is c1ccc2c(c1)NCCC2CN1CCCC1C1CCCC1. The van der Waals surface area contributed by atoms with Crippen molar-refractivity contribution in [3.63, 3.8) is 0 Å². The molecule has 21 heavy (non-hydrogen) atoms. The van der Waals surface area contributed by atoms with Crippen molar-refractivity contribution in [1.29, 1.82) is 0 Å². The van der Waals surface area contributed by atoms with Crippen molar-refractivity contribution in [2.75, 3.05) is 25.0 Å². The second-order valence-corrected chi connectivity index (χ2v) is 7.25. The minimum atomic E-state index is 0.740. The van der Waals surface area contributed by atoms with Gasteiger partial charge in [0.2, 0.25) is 0 Å². The van der Waals surface area contributed by atoms with Crippen LogP contribution in [0.1, 0.15) is 56.4 Å². The molecule has 1 saturated heterocycles. The molecule has 0 aromatic heterocycles. The van der Waals surface area contributed by atoms with Crippen LogP contribution >= 0.6 is 0 Å². The summed E-state index contributed by atoms with van der Waals surface area (Å²) in [6.07, 6.45) is 10.1. The van der Waals surface area contributed by atoms with Gasteiger partial charge in [0.25, 0.3) is 0 Å². The summed E-state index contributed by atoms with van der Waals surface area (Å²) in [5.41, 5.74) is 2.94. The normalized spacial score (nSPS) is 30.3. The second kappa shape index (κ2) is 6.00. The minimum absolute atomic E-state index is 0.740. The molecular weight excluding hydrogens is 256 g/mol. The Bertz CT molecular complexity index is 478. The smallest absolute Gasteiger partial charge is 0.0376 e. The van der Waals surface area contributed by atoms with Crippen LogP contribution in [0.4, 0.5) is 5.69 Å². The number of likely N-dealkylation sites (tertiary alicyclic amines) is 1. The lowest BCUT2D eigenvalue weighted by atomic mass is 9.89. The third kappa shape index (κ3) is 2.70. The number of nitrogens with zero attached hydrogens (tertiary/aromatic N) is 1. The van der Waals surface area contributed by atoms with E-state index in [0.29, 0.717) is 0 Å². The van der Waals surface area contributed by atoms with Gasteiger partial charge in [-0.05, 0) is 56.2 Å². The molecule has 3 aliphatic rings. The topological polar surface area (TPSA) is 15.3 Å². The summed E-state index contributed by atoms with van der Waals surface area (Å²) >= 11 is 0. The van der Waals surface area contributed by atoms with Crippen LogP contribution < -0.4 is 5.32 Å². The van der Waals surface area contributed by atoms with E-state index in [-0.39, 0.29) is 0 Å². The molecule has 114 valence electrons. The first kappa shape index (κ1) is 13.6. The highest BCUT2D eigenvalue weighted by molar-refractivity contribution is 5.54. The number of rotatable bonds is 3. The molecule has 2 heterocycles. The highest BCUT2D eigenvalue weighted by Gasteiger charge is 2.35. The van der Waals surface area contributed by atoms with Crippen LogP contribution in [0.25, 0.3) is 0 Å². The summed E-state index contributed by atoms with van der Waals surface area (Å²) in [6.45, 7) is 3.77. The standard InChI is InChI=1S/C19H28N2/c1-2-7-15(6-1)19-10-5-13-21(19)14-16-11-12-20-18-9-4-3-8-17(16)18/h3-4,8-9,15-16,19-20H,1-2,5-7,10-14H2. The van der Waals surface area contributed by atoms with Gasteiger partial charge in [0.1, 0.15) is 0 Å². The molecule has 1 aromatic rings. The van der Waals surface area contributed by atoms with Gasteiger partial charge in [-0.25, -0.2) is 0 Å². The molecule has 0 amide bonds. The molecule has 2 atom stereocenters. The lowest BCUT2D eigenvalue weighted by molar-refractivity contribution is 0.178. The van der Waals surface area contributed by atoms with Crippen LogP contribution in [0.3, 0.4) is 0 Å². The van der Waals surface area contributed by atoms with Crippen molar-refractivity contribution in [1.82, 2.24) is 4.90 Å². The summed E-state index contributed by atoms with van der Waals surface area (Å²) < 4.78 is 0. The van der Waals surface area contributed by atoms with Crippen LogP contribution in [0.2, 0.25) is 0 Å². The zero-order valence-electron chi connectivity index (χ0n) is 13.1. The Kier molecular flexibility index (Phi) is 3.89. The maximum atomic E-state index is 3.57. The fraction of sp³-hybridized carbons (Fsp3) is 0.684. The van der Waals surface area contributed by atoms with Crippen molar-refractivity contribution in [3.05, 3.63) is 29.8 Å². The molecule has 2 nitrogen and oxygen atoms in total. The molecule has 4 rings (SSSR count). The predicted molar refractivity (Wildman–Crippen MR) is 88.8 cm³/mol. The molecule has 1 aliphatic carbocycles. The molecule has 1 N–H and O–H groups in total. The van der Waals surface area contributed by atoms with Crippen molar-refractivity contribution in [3.8, 4) is 0 Å². The Hall–Kier alpha value is -1.02. The van der Waals surface area contributed by atoms with Crippen LogP contribution in [-0.2, 0) is 0 Å². The van der Waals surface area contributed by atoms with E-state index in [1.165, 1.54) is 63.7 Å². The number of benzene rings is 1. The zero-order chi connectivity index (χ0) is 14.1. The highest BCUT2D eigenvalue weighted by Crippen LogP contribution is 2.38. The van der Waals surface area contributed by atoms with Crippen molar-refractivity contribution >= 4 is 5.69 Å². The number of para-hydroxylation sites is 1. The van der Waals surface area contributed by atoms with Gasteiger partial charge >= 0.3 is 0 Å². The maximum Gasteiger partial charge on any atom is 0.0376 e. The number of hydrogen-bond acceptors (Lipinski definition) is 2. The Morgan fingerprint density at radius 2 is 1.86 bits per heavy atom. The lowest BCUT2D eigenvalue weighted by Crippen LogP contribution is -2.38. The molecule has 0 radical (unpaired) electrons. The molecular formula is C19H28N2. The Balaban J connectivity index is 1.48. The maximum absolute atomic E-state index is 3.57. The lowest BCUT2D eigenvalue weighted by Gasteiger charge is -2.35. The zero-order valence-corrected chi connectivity index (χ0v) is 13.1. The summed E-state index contributed by atoms with van der Waals surface area (Å²) in [6, 6.07) is 9.85. The van der Waals surface area contributed by atoms with E-state index >= 15 is 0 Å². The first-order valence-electron chi connectivity index (χ1n) is 8.98. The summed E-state index contributed by atoms with van der Waals surface area (Å²) in [7, 11) is 0. The second-order valence-electron chi connectivity index (χ2n) is 7.25. The van der Waals surface area contributed by atoms with Gasteiger partial charge in [-0.2, -0.15) is 0 Å².